The van der Waals surface area contributed by atoms with Crippen molar-refractivity contribution in [2.75, 3.05) is 20.6 Å². The summed E-state index contributed by atoms with van der Waals surface area (Å²) in [6.07, 6.45) is 5.86. The van der Waals surface area contributed by atoms with Crippen LogP contribution in [0.3, 0.4) is 0 Å². The van der Waals surface area contributed by atoms with E-state index in [0.717, 1.165) is 17.8 Å². The molecule has 0 atom stereocenters. The van der Waals surface area contributed by atoms with Crippen molar-refractivity contribution in [3.63, 3.8) is 0 Å². The van der Waals surface area contributed by atoms with Crippen LogP contribution in [-0.4, -0.2) is 25.5 Å². The molecule has 0 saturated heterocycles. The summed E-state index contributed by atoms with van der Waals surface area (Å²) in [7, 11) is 4.38. The summed E-state index contributed by atoms with van der Waals surface area (Å²) in [4.78, 5) is 2.33. The molecule has 0 radical (unpaired) electrons. The Labute approximate surface area is 83.5 Å². The Morgan fingerprint density at radius 2 is 1.62 bits per heavy atom. The van der Waals surface area contributed by atoms with Crippen molar-refractivity contribution in [2.45, 2.75) is 39.5 Å². The Hall–Kier alpha value is -0.0400. The van der Waals surface area contributed by atoms with Crippen LogP contribution < -0.4 is 0 Å². The van der Waals surface area contributed by atoms with Gasteiger partial charge in [0.25, 0.3) is 0 Å². The molecule has 1 saturated carbocycles. The first-order valence-corrected chi connectivity index (χ1v) is 5.74. The quantitative estimate of drug-likeness (QED) is 0.650. The monoisotopic (exact) mass is 183 g/mol. The van der Waals surface area contributed by atoms with Crippen molar-refractivity contribution in [1.29, 1.82) is 0 Å². The first-order valence-electron chi connectivity index (χ1n) is 5.74. The van der Waals surface area contributed by atoms with Crippen LogP contribution >= 0.6 is 0 Å². The maximum atomic E-state index is 2.37. The second kappa shape index (κ2) is 4.99. The van der Waals surface area contributed by atoms with Crippen LogP contribution in [0.1, 0.15) is 39.5 Å². The minimum atomic E-state index is 0.903. The summed E-state index contributed by atoms with van der Waals surface area (Å²) >= 11 is 0. The lowest BCUT2D eigenvalue weighted by Crippen LogP contribution is -2.27. The maximum absolute atomic E-state index is 2.37. The van der Waals surface area contributed by atoms with E-state index in [1.54, 1.807) is 0 Å². The summed E-state index contributed by atoms with van der Waals surface area (Å²) in [5, 5.41) is 0. The van der Waals surface area contributed by atoms with Gasteiger partial charge in [0.1, 0.15) is 0 Å². The first-order chi connectivity index (χ1) is 6.09. The van der Waals surface area contributed by atoms with E-state index in [4.69, 9.17) is 0 Å². The van der Waals surface area contributed by atoms with E-state index in [-0.39, 0.29) is 0 Å². The van der Waals surface area contributed by atoms with Crippen LogP contribution in [0, 0.1) is 17.8 Å². The molecular weight excluding hydrogens is 158 g/mol. The van der Waals surface area contributed by atoms with E-state index in [1.807, 2.05) is 0 Å². The van der Waals surface area contributed by atoms with Gasteiger partial charge in [0.05, 0.1) is 0 Å². The third-order valence-corrected chi connectivity index (χ3v) is 3.46. The molecule has 1 nitrogen and oxygen atoms in total. The minimum Gasteiger partial charge on any atom is -0.309 e. The maximum Gasteiger partial charge on any atom is 0.000356 e. The van der Waals surface area contributed by atoms with E-state index in [2.05, 4.69) is 32.8 Å². The van der Waals surface area contributed by atoms with Gasteiger partial charge in [-0.25, -0.2) is 0 Å². The Morgan fingerprint density at radius 3 is 2.00 bits per heavy atom. The van der Waals surface area contributed by atoms with Gasteiger partial charge in [-0.15, -0.1) is 0 Å². The molecule has 1 aliphatic carbocycles. The predicted molar refractivity (Wildman–Crippen MR) is 58.8 cm³/mol. The fourth-order valence-corrected chi connectivity index (χ4v) is 2.55. The fourth-order valence-electron chi connectivity index (χ4n) is 2.55. The number of rotatable bonds is 3. The van der Waals surface area contributed by atoms with Crippen molar-refractivity contribution in [1.82, 2.24) is 4.90 Å². The molecule has 0 spiro atoms. The fraction of sp³-hybridized carbons (Fsp3) is 1.00. The molecule has 0 aromatic carbocycles. The van der Waals surface area contributed by atoms with Gasteiger partial charge < -0.3 is 4.90 Å². The number of hydrogen-bond donors (Lipinski definition) is 0. The third-order valence-electron chi connectivity index (χ3n) is 3.46. The first kappa shape index (κ1) is 11.0. The van der Waals surface area contributed by atoms with Gasteiger partial charge in [-0.1, -0.05) is 13.8 Å². The van der Waals surface area contributed by atoms with Gasteiger partial charge in [0, 0.05) is 6.54 Å². The average Bonchev–Trinajstić information content (AvgIpc) is 2.04. The standard InChI is InChI=1S/C12H25N/c1-10(2)12-7-5-11(6-8-12)9-13(3)4/h10-12H,5-9H2,1-4H3. The van der Waals surface area contributed by atoms with Crippen molar-refractivity contribution in [3.8, 4) is 0 Å². The summed E-state index contributed by atoms with van der Waals surface area (Å²) in [5.74, 6) is 2.89. The van der Waals surface area contributed by atoms with Crippen molar-refractivity contribution < 1.29 is 0 Å². The van der Waals surface area contributed by atoms with Crippen LogP contribution in [0.15, 0.2) is 0 Å². The lowest BCUT2D eigenvalue weighted by molar-refractivity contribution is 0.192. The van der Waals surface area contributed by atoms with Gasteiger partial charge in [-0.3, -0.25) is 0 Å². The van der Waals surface area contributed by atoms with Crippen LogP contribution in [0.4, 0.5) is 0 Å². The Bertz CT molecular complexity index is 132. The molecular formula is C12H25N. The molecule has 0 heterocycles. The summed E-state index contributed by atoms with van der Waals surface area (Å²) in [6.45, 7) is 6.04. The SMILES string of the molecule is CC(C)C1CCC(CN(C)C)CC1. The second-order valence-electron chi connectivity index (χ2n) is 5.29. The minimum absolute atomic E-state index is 0.903. The lowest BCUT2D eigenvalue weighted by Gasteiger charge is -2.32. The summed E-state index contributed by atoms with van der Waals surface area (Å²) in [6, 6.07) is 0. The molecule has 13 heavy (non-hydrogen) atoms. The lowest BCUT2D eigenvalue weighted by atomic mass is 9.77. The van der Waals surface area contributed by atoms with Crippen LogP contribution in [-0.2, 0) is 0 Å². The van der Waals surface area contributed by atoms with Crippen LogP contribution in [0.25, 0.3) is 0 Å². The second-order valence-corrected chi connectivity index (χ2v) is 5.29. The molecule has 0 aromatic heterocycles. The molecule has 0 aromatic rings. The molecule has 0 amide bonds. The van der Waals surface area contributed by atoms with Gasteiger partial charge in [-0.05, 0) is 57.5 Å². The number of nitrogens with zero attached hydrogens (tertiary/aromatic N) is 1. The van der Waals surface area contributed by atoms with E-state index in [0.29, 0.717) is 0 Å². The molecule has 0 unspecified atom stereocenters. The third kappa shape index (κ3) is 3.68. The van der Waals surface area contributed by atoms with E-state index in [9.17, 15) is 0 Å². The van der Waals surface area contributed by atoms with Crippen molar-refractivity contribution in [2.24, 2.45) is 17.8 Å². The summed E-state index contributed by atoms with van der Waals surface area (Å²) in [5.41, 5.74) is 0. The largest absolute Gasteiger partial charge is 0.309 e. The normalized spacial score (nSPS) is 30.0. The highest BCUT2D eigenvalue weighted by Crippen LogP contribution is 2.33. The van der Waals surface area contributed by atoms with Crippen LogP contribution in [0.5, 0.6) is 0 Å². The smallest absolute Gasteiger partial charge is 0.000356 e. The zero-order chi connectivity index (χ0) is 9.84. The zero-order valence-corrected chi connectivity index (χ0v) is 9.71. The molecule has 1 rings (SSSR count). The predicted octanol–water partition coefficient (Wildman–Crippen LogP) is 3.01. The van der Waals surface area contributed by atoms with Gasteiger partial charge in [-0.2, -0.15) is 0 Å². The van der Waals surface area contributed by atoms with Gasteiger partial charge in [0.15, 0.2) is 0 Å². The molecule has 0 N–H and O–H groups in total. The highest BCUT2D eigenvalue weighted by molar-refractivity contribution is 4.75. The molecule has 78 valence electrons. The zero-order valence-electron chi connectivity index (χ0n) is 9.71. The number of hydrogen-bond acceptors (Lipinski definition) is 1. The van der Waals surface area contributed by atoms with Gasteiger partial charge in [0.2, 0.25) is 0 Å². The van der Waals surface area contributed by atoms with Crippen molar-refractivity contribution in [3.05, 3.63) is 0 Å². The van der Waals surface area contributed by atoms with E-state index >= 15 is 0 Å². The Balaban J connectivity index is 2.22. The van der Waals surface area contributed by atoms with Crippen LogP contribution in [0.2, 0.25) is 0 Å². The Kier molecular flexibility index (Phi) is 4.24. The molecule has 1 heteroatoms. The Morgan fingerprint density at radius 1 is 1.08 bits per heavy atom. The van der Waals surface area contributed by atoms with E-state index < -0.39 is 0 Å². The van der Waals surface area contributed by atoms with Crippen molar-refractivity contribution >= 4 is 0 Å². The topological polar surface area (TPSA) is 3.24 Å². The molecule has 0 aliphatic heterocycles. The average molecular weight is 183 g/mol. The summed E-state index contributed by atoms with van der Waals surface area (Å²) < 4.78 is 0. The molecule has 1 aliphatic rings. The highest BCUT2D eigenvalue weighted by atomic mass is 15.1. The highest BCUT2D eigenvalue weighted by Gasteiger charge is 2.23. The van der Waals surface area contributed by atoms with Gasteiger partial charge >= 0.3 is 0 Å². The molecule has 1 fully saturated rings. The van der Waals surface area contributed by atoms with E-state index in [1.165, 1.54) is 32.2 Å². The molecule has 0 bridgehead atoms.